The van der Waals surface area contributed by atoms with Gasteiger partial charge in [-0.3, -0.25) is 4.79 Å². The van der Waals surface area contributed by atoms with Crippen LogP contribution in [0.15, 0.2) is 18.2 Å². The molecule has 0 heterocycles. The van der Waals surface area contributed by atoms with Gasteiger partial charge >= 0.3 is 0 Å². The van der Waals surface area contributed by atoms with Crippen molar-refractivity contribution in [3.05, 3.63) is 28.8 Å². The van der Waals surface area contributed by atoms with Crippen LogP contribution in [0.5, 0.6) is 5.75 Å². The molecule has 0 aliphatic heterocycles. The lowest BCUT2D eigenvalue weighted by atomic mass is 9.92. The Morgan fingerprint density at radius 2 is 2.05 bits per heavy atom. The Hall–Kier alpha value is -1.06. The van der Waals surface area contributed by atoms with Crippen LogP contribution in [0.25, 0.3) is 0 Å². The average Bonchev–Trinajstić information content (AvgIpc) is 2.39. The first-order valence-electron chi connectivity index (χ1n) is 6.46. The van der Waals surface area contributed by atoms with E-state index in [-0.39, 0.29) is 12.2 Å². The van der Waals surface area contributed by atoms with Crippen LogP contribution in [0, 0.1) is 0 Å². The molecule has 1 atom stereocenters. The molecule has 0 saturated carbocycles. The molecule has 0 aliphatic carbocycles. The topological polar surface area (TPSA) is 35.5 Å². The molecule has 0 bridgehead atoms. The number of rotatable bonds is 7. The van der Waals surface area contributed by atoms with Crippen molar-refractivity contribution in [2.45, 2.75) is 39.2 Å². The molecule has 0 spiro atoms. The quantitative estimate of drug-likeness (QED) is 0.766. The number of carbonyl (C=O) groups excluding carboxylic acids is 1. The van der Waals surface area contributed by atoms with Gasteiger partial charge in [-0.2, -0.15) is 0 Å². The molecule has 0 N–H and O–H groups in total. The monoisotopic (exact) mass is 284 g/mol. The van der Waals surface area contributed by atoms with Crippen LogP contribution < -0.4 is 4.74 Å². The van der Waals surface area contributed by atoms with Crippen molar-refractivity contribution in [1.82, 2.24) is 0 Å². The molecule has 19 heavy (non-hydrogen) atoms. The number of ether oxygens (including phenoxy) is 2. The highest BCUT2D eigenvalue weighted by Crippen LogP contribution is 2.26. The SMILES string of the molecule is CCOC(C)(CC)C(=O)Cc1cc(Cl)ccc1OC. The molecule has 1 aromatic rings. The fourth-order valence-electron chi connectivity index (χ4n) is 1.94. The zero-order chi connectivity index (χ0) is 14.5. The summed E-state index contributed by atoms with van der Waals surface area (Å²) in [6, 6.07) is 5.28. The number of methoxy groups -OCH3 is 1. The molecule has 0 aromatic heterocycles. The maximum absolute atomic E-state index is 12.4. The summed E-state index contributed by atoms with van der Waals surface area (Å²) in [5.41, 5.74) is 0.0432. The Balaban J connectivity index is 2.95. The van der Waals surface area contributed by atoms with Crippen molar-refractivity contribution < 1.29 is 14.3 Å². The molecule has 106 valence electrons. The number of ketones is 1. The normalized spacial score (nSPS) is 13.9. The van der Waals surface area contributed by atoms with Crippen molar-refractivity contribution in [3.63, 3.8) is 0 Å². The maximum Gasteiger partial charge on any atom is 0.168 e. The second-order valence-corrected chi connectivity index (χ2v) is 5.01. The number of Topliss-reactive ketones (excluding diaryl/α,β-unsaturated/α-hetero) is 1. The minimum absolute atomic E-state index is 0.0393. The summed E-state index contributed by atoms with van der Waals surface area (Å²) < 4.78 is 10.8. The van der Waals surface area contributed by atoms with Crippen molar-refractivity contribution in [3.8, 4) is 5.75 Å². The predicted octanol–water partition coefficient (Wildman–Crippen LogP) is 3.67. The number of benzene rings is 1. The highest BCUT2D eigenvalue weighted by molar-refractivity contribution is 6.30. The Morgan fingerprint density at radius 1 is 1.37 bits per heavy atom. The van der Waals surface area contributed by atoms with Crippen LogP contribution in [-0.4, -0.2) is 25.1 Å². The van der Waals surface area contributed by atoms with Gasteiger partial charge in [0.2, 0.25) is 0 Å². The van der Waals surface area contributed by atoms with E-state index in [1.54, 1.807) is 25.3 Å². The van der Waals surface area contributed by atoms with Gasteiger partial charge in [-0.1, -0.05) is 18.5 Å². The fraction of sp³-hybridized carbons (Fsp3) is 0.533. The first-order valence-corrected chi connectivity index (χ1v) is 6.84. The van der Waals surface area contributed by atoms with Crippen LogP contribution in [0.2, 0.25) is 5.02 Å². The van der Waals surface area contributed by atoms with E-state index in [4.69, 9.17) is 21.1 Å². The van der Waals surface area contributed by atoms with Gasteiger partial charge in [0.25, 0.3) is 0 Å². The van der Waals surface area contributed by atoms with E-state index in [1.807, 2.05) is 20.8 Å². The molecular weight excluding hydrogens is 264 g/mol. The van der Waals surface area contributed by atoms with Gasteiger partial charge in [-0.25, -0.2) is 0 Å². The Labute approximate surface area is 119 Å². The van der Waals surface area contributed by atoms with Gasteiger partial charge in [0, 0.05) is 23.6 Å². The minimum atomic E-state index is -0.748. The third-order valence-corrected chi connectivity index (χ3v) is 3.56. The molecule has 0 amide bonds. The van der Waals surface area contributed by atoms with E-state index in [0.717, 1.165) is 5.56 Å². The van der Waals surface area contributed by atoms with Crippen molar-refractivity contribution in [1.29, 1.82) is 0 Å². The summed E-state index contributed by atoms with van der Waals surface area (Å²) in [5, 5.41) is 0.596. The number of halogens is 1. The molecule has 0 saturated heterocycles. The van der Waals surface area contributed by atoms with E-state index in [9.17, 15) is 4.79 Å². The van der Waals surface area contributed by atoms with E-state index < -0.39 is 5.60 Å². The third-order valence-electron chi connectivity index (χ3n) is 3.32. The number of hydrogen-bond donors (Lipinski definition) is 0. The zero-order valence-corrected chi connectivity index (χ0v) is 12.7. The number of hydrogen-bond acceptors (Lipinski definition) is 3. The summed E-state index contributed by atoms with van der Waals surface area (Å²) in [6.07, 6.45) is 0.899. The van der Waals surface area contributed by atoms with E-state index in [0.29, 0.717) is 23.8 Å². The zero-order valence-electron chi connectivity index (χ0n) is 12.0. The van der Waals surface area contributed by atoms with Gasteiger partial charge in [-0.15, -0.1) is 0 Å². The lowest BCUT2D eigenvalue weighted by molar-refractivity contribution is -0.141. The largest absolute Gasteiger partial charge is 0.496 e. The van der Waals surface area contributed by atoms with Crippen LogP contribution >= 0.6 is 11.6 Å². The molecule has 0 fully saturated rings. The fourth-order valence-corrected chi connectivity index (χ4v) is 2.14. The lowest BCUT2D eigenvalue weighted by Gasteiger charge is -2.26. The lowest BCUT2D eigenvalue weighted by Crippen LogP contribution is -2.39. The van der Waals surface area contributed by atoms with Crippen molar-refractivity contribution in [2.75, 3.05) is 13.7 Å². The van der Waals surface area contributed by atoms with Gasteiger partial charge in [0.1, 0.15) is 11.4 Å². The molecule has 0 aliphatic rings. The Bertz CT molecular complexity index is 445. The number of carbonyl (C=O) groups is 1. The van der Waals surface area contributed by atoms with Crippen LogP contribution in [0.1, 0.15) is 32.8 Å². The maximum atomic E-state index is 12.4. The molecule has 3 nitrogen and oxygen atoms in total. The van der Waals surface area contributed by atoms with Gasteiger partial charge in [-0.05, 0) is 38.5 Å². The summed E-state index contributed by atoms with van der Waals surface area (Å²) in [6.45, 7) is 6.18. The predicted molar refractivity (Wildman–Crippen MR) is 77.0 cm³/mol. The second-order valence-electron chi connectivity index (χ2n) is 4.57. The van der Waals surface area contributed by atoms with Gasteiger partial charge in [0.15, 0.2) is 5.78 Å². The Kier molecular flexibility index (Phi) is 5.83. The molecule has 4 heteroatoms. The first kappa shape index (κ1) is 16.0. The van der Waals surface area contributed by atoms with Crippen LogP contribution in [-0.2, 0) is 16.0 Å². The van der Waals surface area contributed by atoms with E-state index in [2.05, 4.69) is 0 Å². The van der Waals surface area contributed by atoms with Gasteiger partial charge < -0.3 is 9.47 Å². The van der Waals surface area contributed by atoms with Crippen LogP contribution in [0.3, 0.4) is 0 Å². The average molecular weight is 285 g/mol. The summed E-state index contributed by atoms with van der Waals surface area (Å²) >= 11 is 5.97. The highest BCUT2D eigenvalue weighted by atomic mass is 35.5. The standard InChI is InChI=1S/C15H21ClO3/c1-5-15(3,19-6-2)14(17)10-11-9-12(16)7-8-13(11)18-4/h7-9H,5-6,10H2,1-4H3. The summed E-state index contributed by atoms with van der Waals surface area (Å²) in [7, 11) is 1.58. The second kappa shape index (κ2) is 6.92. The van der Waals surface area contributed by atoms with Gasteiger partial charge in [0.05, 0.1) is 7.11 Å². The molecule has 1 aromatic carbocycles. The third kappa shape index (κ3) is 3.95. The summed E-state index contributed by atoms with van der Waals surface area (Å²) in [4.78, 5) is 12.4. The highest BCUT2D eigenvalue weighted by Gasteiger charge is 2.31. The molecule has 1 rings (SSSR count). The molecule has 1 unspecified atom stereocenters. The van der Waals surface area contributed by atoms with E-state index in [1.165, 1.54) is 0 Å². The molecular formula is C15H21ClO3. The Morgan fingerprint density at radius 3 is 2.58 bits per heavy atom. The first-order chi connectivity index (χ1) is 8.96. The van der Waals surface area contributed by atoms with E-state index >= 15 is 0 Å². The van der Waals surface area contributed by atoms with Crippen molar-refractivity contribution in [2.24, 2.45) is 0 Å². The smallest absolute Gasteiger partial charge is 0.168 e. The van der Waals surface area contributed by atoms with Crippen molar-refractivity contribution >= 4 is 17.4 Å². The molecule has 0 radical (unpaired) electrons. The minimum Gasteiger partial charge on any atom is -0.496 e. The summed E-state index contributed by atoms with van der Waals surface area (Å²) in [5.74, 6) is 0.713. The van der Waals surface area contributed by atoms with Crippen LogP contribution in [0.4, 0.5) is 0 Å².